The van der Waals surface area contributed by atoms with E-state index in [2.05, 4.69) is 10.4 Å². The number of carbonyl (C=O) groups excluding carboxylic acids is 1. The summed E-state index contributed by atoms with van der Waals surface area (Å²) < 4.78 is 6.77. The Labute approximate surface area is 123 Å². The highest BCUT2D eigenvalue weighted by molar-refractivity contribution is 5.93. The third-order valence-corrected chi connectivity index (χ3v) is 3.57. The molecule has 3 N–H and O–H groups in total. The average molecular weight is 288 g/mol. The minimum atomic E-state index is -0.169. The molecule has 1 heterocycles. The van der Waals surface area contributed by atoms with Crippen LogP contribution in [-0.4, -0.2) is 22.8 Å². The van der Waals surface area contributed by atoms with Crippen LogP contribution in [0.1, 0.15) is 17.0 Å². The fourth-order valence-corrected chi connectivity index (χ4v) is 2.05. The zero-order valence-electron chi connectivity index (χ0n) is 12.7. The van der Waals surface area contributed by atoms with Crippen molar-refractivity contribution < 1.29 is 9.53 Å². The van der Waals surface area contributed by atoms with Crippen molar-refractivity contribution in [2.75, 3.05) is 18.2 Å². The Hall–Kier alpha value is -2.50. The lowest BCUT2D eigenvalue weighted by Crippen LogP contribution is -2.21. The van der Waals surface area contributed by atoms with Gasteiger partial charge >= 0.3 is 0 Å². The van der Waals surface area contributed by atoms with Gasteiger partial charge in [0.25, 0.3) is 0 Å². The molecule has 2 rings (SSSR count). The minimum absolute atomic E-state index is 0.159. The fourth-order valence-electron chi connectivity index (χ4n) is 2.05. The summed E-state index contributed by atoms with van der Waals surface area (Å²) in [5, 5.41) is 7.13. The summed E-state index contributed by atoms with van der Waals surface area (Å²) in [4.78, 5) is 12.1. The van der Waals surface area contributed by atoms with Crippen LogP contribution in [0, 0.1) is 20.8 Å². The predicted octanol–water partition coefficient (Wildman–Crippen LogP) is 2.04. The number of benzene rings is 1. The van der Waals surface area contributed by atoms with E-state index in [1.165, 1.54) is 0 Å². The number of carbonyl (C=O) groups is 1. The van der Waals surface area contributed by atoms with Gasteiger partial charge in [-0.25, -0.2) is 0 Å². The van der Waals surface area contributed by atoms with Crippen molar-refractivity contribution in [2.24, 2.45) is 0 Å². The van der Waals surface area contributed by atoms with Gasteiger partial charge in [-0.05, 0) is 38.5 Å². The third kappa shape index (κ3) is 3.16. The standard InChI is InChI=1S/C15H20N4O2/c1-9-10(2)18-19(11(9)3)8-15(20)17-14-6-5-12(21-4)7-13(14)16/h5-7H,8,16H2,1-4H3,(H,17,20). The second-order valence-electron chi connectivity index (χ2n) is 4.95. The fraction of sp³-hybridized carbons (Fsp3) is 0.333. The molecule has 0 aliphatic rings. The van der Waals surface area contributed by atoms with E-state index in [0.717, 1.165) is 17.0 Å². The molecule has 112 valence electrons. The summed E-state index contributed by atoms with van der Waals surface area (Å²) in [5.41, 5.74) is 9.94. The number of amides is 1. The van der Waals surface area contributed by atoms with Gasteiger partial charge in [0.1, 0.15) is 12.3 Å². The molecule has 0 bridgehead atoms. The van der Waals surface area contributed by atoms with E-state index in [9.17, 15) is 4.79 Å². The number of aryl methyl sites for hydroxylation is 1. The maximum Gasteiger partial charge on any atom is 0.246 e. The first-order valence-electron chi connectivity index (χ1n) is 6.66. The molecule has 1 aromatic heterocycles. The highest BCUT2D eigenvalue weighted by Crippen LogP contribution is 2.24. The average Bonchev–Trinajstić information content (AvgIpc) is 2.68. The van der Waals surface area contributed by atoms with Crippen LogP contribution in [0.5, 0.6) is 5.75 Å². The van der Waals surface area contributed by atoms with E-state index >= 15 is 0 Å². The molecule has 21 heavy (non-hydrogen) atoms. The summed E-state index contributed by atoms with van der Waals surface area (Å²) in [6.07, 6.45) is 0. The van der Waals surface area contributed by atoms with E-state index in [1.54, 1.807) is 30.0 Å². The second kappa shape index (κ2) is 5.87. The number of rotatable bonds is 4. The van der Waals surface area contributed by atoms with Crippen molar-refractivity contribution in [1.82, 2.24) is 9.78 Å². The lowest BCUT2D eigenvalue weighted by atomic mass is 10.2. The molecule has 0 aliphatic carbocycles. The molecule has 6 nitrogen and oxygen atoms in total. The topological polar surface area (TPSA) is 82.2 Å². The molecule has 0 radical (unpaired) electrons. The first-order valence-corrected chi connectivity index (χ1v) is 6.66. The maximum atomic E-state index is 12.1. The number of anilines is 2. The van der Waals surface area contributed by atoms with E-state index in [0.29, 0.717) is 17.1 Å². The molecule has 0 atom stereocenters. The molecule has 0 saturated carbocycles. The van der Waals surface area contributed by atoms with Gasteiger partial charge in [-0.2, -0.15) is 5.10 Å². The quantitative estimate of drug-likeness (QED) is 0.843. The summed E-state index contributed by atoms with van der Waals surface area (Å²) in [5.74, 6) is 0.483. The zero-order chi connectivity index (χ0) is 15.6. The van der Waals surface area contributed by atoms with Gasteiger partial charge in [-0.1, -0.05) is 0 Å². The number of ether oxygens (including phenoxy) is 1. The summed E-state index contributed by atoms with van der Waals surface area (Å²) in [6, 6.07) is 5.14. The van der Waals surface area contributed by atoms with Crippen molar-refractivity contribution in [2.45, 2.75) is 27.3 Å². The smallest absolute Gasteiger partial charge is 0.246 e. The van der Waals surface area contributed by atoms with Crippen molar-refractivity contribution in [3.8, 4) is 5.75 Å². The number of nitrogens with zero attached hydrogens (tertiary/aromatic N) is 2. The number of nitrogens with one attached hydrogen (secondary N) is 1. The highest BCUT2D eigenvalue weighted by Gasteiger charge is 2.12. The van der Waals surface area contributed by atoms with Gasteiger partial charge in [0, 0.05) is 11.8 Å². The van der Waals surface area contributed by atoms with Crippen molar-refractivity contribution in [1.29, 1.82) is 0 Å². The van der Waals surface area contributed by atoms with Crippen LogP contribution in [0.4, 0.5) is 11.4 Å². The Morgan fingerprint density at radius 2 is 2.10 bits per heavy atom. The van der Waals surface area contributed by atoms with Gasteiger partial charge in [0.05, 0.1) is 24.2 Å². The molecule has 0 saturated heterocycles. The number of nitrogen functional groups attached to an aromatic ring is 1. The molecular formula is C15H20N4O2. The van der Waals surface area contributed by atoms with Gasteiger partial charge in [0.15, 0.2) is 0 Å². The first kappa shape index (κ1) is 14.9. The van der Waals surface area contributed by atoms with Gasteiger partial charge < -0.3 is 15.8 Å². The summed E-state index contributed by atoms with van der Waals surface area (Å²) in [6.45, 7) is 6.03. The second-order valence-corrected chi connectivity index (χ2v) is 4.95. The number of nitrogens with two attached hydrogens (primary N) is 1. The zero-order valence-corrected chi connectivity index (χ0v) is 12.7. The number of hydrogen-bond donors (Lipinski definition) is 2. The molecule has 0 spiro atoms. The van der Waals surface area contributed by atoms with Crippen molar-refractivity contribution in [3.05, 3.63) is 35.2 Å². The molecule has 1 amide bonds. The van der Waals surface area contributed by atoms with Gasteiger partial charge in [0.2, 0.25) is 5.91 Å². The molecule has 0 fully saturated rings. The molecular weight excluding hydrogens is 268 g/mol. The normalized spacial score (nSPS) is 10.5. The lowest BCUT2D eigenvalue weighted by Gasteiger charge is -2.10. The lowest BCUT2D eigenvalue weighted by molar-refractivity contribution is -0.116. The molecule has 2 aromatic rings. The van der Waals surface area contributed by atoms with Crippen LogP contribution in [0.3, 0.4) is 0 Å². The van der Waals surface area contributed by atoms with Crippen LogP contribution < -0.4 is 15.8 Å². The number of aromatic nitrogens is 2. The Morgan fingerprint density at radius 1 is 1.38 bits per heavy atom. The van der Waals surface area contributed by atoms with Gasteiger partial charge in [-0.15, -0.1) is 0 Å². The van der Waals surface area contributed by atoms with Crippen molar-refractivity contribution >= 4 is 17.3 Å². The van der Waals surface area contributed by atoms with Crippen LogP contribution in [0.25, 0.3) is 0 Å². The van der Waals surface area contributed by atoms with Crippen molar-refractivity contribution in [3.63, 3.8) is 0 Å². The van der Waals surface area contributed by atoms with Crippen LogP contribution >= 0.6 is 0 Å². The van der Waals surface area contributed by atoms with Gasteiger partial charge in [-0.3, -0.25) is 9.48 Å². The van der Waals surface area contributed by atoms with E-state index < -0.39 is 0 Å². The Kier molecular flexibility index (Phi) is 4.16. The van der Waals surface area contributed by atoms with E-state index in [1.807, 2.05) is 20.8 Å². The summed E-state index contributed by atoms with van der Waals surface area (Å²) in [7, 11) is 1.57. The van der Waals surface area contributed by atoms with E-state index in [-0.39, 0.29) is 12.5 Å². The van der Waals surface area contributed by atoms with Crippen LogP contribution in [-0.2, 0) is 11.3 Å². The Balaban J connectivity index is 2.10. The first-order chi connectivity index (χ1) is 9.92. The van der Waals surface area contributed by atoms with E-state index in [4.69, 9.17) is 10.5 Å². The largest absolute Gasteiger partial charge is 0.497 e. The van der Waals surface area contributed by atoms with Crippen LogP contribution in [0.15, 0.2) is 18.2 Å². The third-order valence-electron chi connectivity index (χ3n) is 3.57. The monoisotopic (exact) mass is 288 g/mol. The number of methoxy groups -OCH3 is 1. The molecule has 0 unspecified atom stereocenters. The molecule has 6 heteroatoms. The Bertz CT molecular complexity index is 677. The predicted molar refractivity (Wildman–Crippen MR) is 82.5 cm³/mol. The maximum absolute atomic E-state index is 12.1. The SMILES string of the molecule is COc1ccc(NC(=O)Cn2nc(C)c(C)c2C)c(N)c1. The van der Waals surface area contributed by atoms with Crippen LogP contribution in [0.2, 0.25) is 0 Å². The molecule has 0 aliphatic heterocycles. The number of hydrogen-bond acceptors (Lipinski definition) is 4. The Morgan fingerprint density at radius 3 is 2.62 bits per heavy atom. The summed E-state index contributed by atoms with van der Waals surface area (Å²) >= 11 is 0. The highest BCUT2D eigenvalue weighted by atomic mass is 16.5. The molecule has 1 aromatic carbocycles. The minimum Gasteiger partial charge on any atom is -0.497 e.